The van der Waals surface area contributed by atoms with Gasteiger partial charge in [-0.25, -0.2) is 4.79 Å². The number of carbonyl (C=O) groups is 3. The smallest absolute Gasteiger partial charge is 0.339 e. The van der Waals surface area contributed by atoms with E-state index in [1.165, 1.54) is 11.6 Å². The van der Waals surface area contributed by atoms with Crippen molar-refractivity contribution >= 4 is 17.9 Å². The zero-order chi connectivity index (χ0) is 28.5. The number of rotatable bonds is 7. The third-order valence-electron chi connectivity index (χ3n) is 6.80. The van der Waals surface area contributed by atoms with Crippen molar-refractivity contribution in [2.24, 2.45) is 16.7 Å². The lowest BCUT2D eigenvalue weighted by molar-refractivity contribution is -0.145. The highest BCUT2D eigenvalue weighted by Gasteiger charge is 2.42. The zero-order valence-electron chi connectivity index (χ0n) is 24.0. The van der Waals surface area contributed by atoms with Crippen LogP contribution in [0, 0.1) is 16.7 Å². The summed E-state index contributed by atoms with van der Waals surface area (Å²) in [4.78, 5) is 38.4. The van der Waals surface area contributed by atoms with E-state index in [-0.39, 0.29) is 34.8 Å². The summed E-state index contributed by atoms with van der Waals surface area (Å²) in [5.74, 6) is -3.42. The van der Waals surface area contributed by atoms with Gasteiger partial charge < -0.3 is 19.7 Å². The third-order valence-corrected chi connectivity index (χ3v) is 6.80. The van der Waals surface area contributed by atoms with E-state index in [2.05, 4.69) is 6.08 Å². The second-order valence-corrected chi connectivity index (χ2v) is 12.7. The molecule has 0 radical (unpaired) electrons. The van der Waals surface area contributed by atoms with Gasteiger partial charge in [0, 0.05) is 11.5 Å². The monoisotopic (exact) mass is 516 g/mol. The second-order valence-electron chi connectivity index (χ2n) is 12.7. The largest absolute Gasteiger partial charge is 0.478 e. The van der Waals surface area contributed by atoms with Gasteiger partial charge in [-0.1, -0.05) is 25.5 Å². The van der Waals surface area contributed by atoms with Crippen molar-refractivity contribution in [1.82, 2.24) is 0 Å². The Labute approximate surface area is 221 Å². The number of aromatic carboxylic acids is 1. The molecule has 7 nitrogen and oxygen atoms in total. The minimum Gasteiger partial charge on any atom is -0.478 e. The van der Waals surface area contributed by atoms with Gasteiger partial charge in [0.25, 0.3) is 0 Å². The van der Waals surface area contributed by atoms with E-state index in [1.807, 2.05) is 27.7 Å². The number of ether oxygens (including phenoxy) is 2. The summed E-state index contributed by atoms with van der Waals surface area (Å²) in [5, 5.41) is 21.3. The lowest BCUT2D eigenvalue weighted by Gasteiger charge is -2.39. The lowest BCUT2D eigenvalue weighted by atomic mass is 9.69. The molecule has 1 aromatic carbocycles. The molecule has 2 N–H and O–H groups in total. The maximum absolute atomic E-state index is 13.1. The molecule has 0 amide bonds. The van der Waals surface area contributed by atoms with Crippen LogP contribution in [0.15, 0.2) is 17.7 Å². The second kappa shape index (κ2) is 11.4. The minimum atomic E-state index is -1.31. The van der Waals surface area contributed by atoms with Crippen molar-refractivity contribution in [2.45, 2.75) is 106 Å². The first-order valence-electron chi connectivity index (χ1n) is 13.1. The molecule has 0 heterocycles. The fourth-order valence-electron chi connectivity index (χ4n) is 4.65. The van der Waals surface area contributed by atoms with Crippen LogP contribution in [0.25, 0.3) is 0 Å². The molecule has 206 valence electrons. The Morgan fingerprint density at radius 3 is 2.00 bits per heavy atom. The number of allylic oxidation sites excluding steroid dienone is 2. The van der Waals surface area contributed by atoms with Crippen LogP contribution < -0.4 is 9.47 Å². The van der Waals surface area contributed by atoms with Crippen molar-refractivity contribution in [2.75, 3.05) is 0 Å². The van der Waals surface area contributed by atoms with Gasteiger partial charge in [-0.15, -0.1) is 0 Å². The summed E-state index contributed by atoms with van der Waals surface area (Å²) < 4.78 is 11.6. The molecule has 1 aliphatic rings. The van der Waals surface area contributed by atoms with E-state index in [9.17, 15) is 24.6 Å². The normalized spacial score (nSPS) is 20.5. The average Bonchev–Trinajstić information content (AvgIpc) is 2.72. The Morgan fingerprint density at radius 2 is 1.54 bits per heavy atom. The molecular formula is C30H44O7. The Morgan fingerprint density at radius 1 is 1.03 bits per heavy atom. The Kier molecular flexibility index (Phi) is 9.40. The maximum atomic E-state index is 13.1. The van der Waals surface area contributed by atoms with Crippen LogP contribution in [-0.4, -0.2) is 34.2 Å². The number of aliphatic hydroxyl groups is 1. The quantitative estimate of drug-likeness (QED) is 0.238. The van der Waals surface area contributed by atoms with Crippen LogP contribution in [0.4, 0.5) is 0 Å². The van der Waals surface area contributed by atoms with E-state index in [0.717, 1.165) is 12.8 Å². The van der Waals surface area contributed by atoms with E-state index >= 15 is 0 Å². The van der Waals surface area contributed by atoms with Crippen LogP contribution in [0.2, 0.25) is 0 Å². The predicted octanol–water partition coefficient (Wildman–Crippen LogP) is 6.62. The Hall–Kier alpha value is -2.67. The highest BCUT2D eigenvalue weighted by molar-refractivity contribution is 5.95. The molecule has 37 heavy (non-hydrogen) atoms. The first-order valence-corrected chi connectivity index (χ1v) is 13.1. The molecule has 0 saturated heterocycles. The van der Waals surface area contributed by atoms with Gasteiger partial charge in [0.05, 0.1) is 16.9 Å². The van der Waals surface area contributed by atoms with Crippen LogP contribution in [0.3, 0.4) is 0 Å². The lowest BCUT2D eigenvalue weighted by Crippen LogP contribution is -2.34. The molecule has 0 aromatic heterocycles. The molecule has 1 aromatic rings. The van der Waals surface area contributed by atoms with Crippen molar-refractivity contribution < 1.29 is 34.1 Å². The molecule has 4 atom stereocenters. The molecule has 0 bridgehead atoms. The number of hydrogen-bond acceptors (Lipinski definition) is 6. The van der Waals surface area contributed by atoms with E-state index in [4.69, 9.17) is 9.47 Å². The van der Waals surface area contributed by atoms with Crippen molar-refractivity contribution in [3.8, 4) is 11.5 Å². The molecule has 1 aliphatic carbocycles. The molecule has 0 unspecified atom stereocenters. The van der Waals surface area contributed by atoms with Gasteiger partial charge in [-0.2, -0.15) is 0 Å². The average molecular weight is 517 g/mol. The topological polar surface area (TPSA) is 110 Å². The predicted molar refractivity (Wildman–Crippen MR) is 143 cm³/mol. The number of aliphatic hydroxyl groups excluding tert-OH is 1. The Bertz CT molecular complexity index is 1060. The molecular weight excluding hydrogens is 472 g/mol. The first kappa shape index (κ1) is 30.6. The fourth-order valence-corrected chi connectivity index (χ4v) is 4.65. The number of carbonyl (C=O) groups excluding carboxylic acids is 2. The van der Waals surface area contributed by atoms with Crippen molar-refractivity contribution in [1.29, 1.82) is 0 Å². The molecule has 0 fully saturated rings. The number of carboxylic acids is 1. The minimum absolute atomic E-state index is 0.0210. The number of carboxylic acid groups (broad SMARTS) is 1. The fraction of sp³-hybridized carbons (Fsp3) is 0.633. The summed E-state index contributed by atoms with van der Waals surface area (Å²) >= 11 is 0. The molecule has 0 aliphatic heterocycles. The van der Waals surface area contributed by atoms with Crippen molar-refractivity contribution in [3.05, 3.63) is 34.4 Å². The maximum Gasteiger partial charge on any atom is 0.339 e. The van der Waals surface area contributed by atoms with Gasteiger partial charge in [0.2, 0.25) is 0 Å². The summed E-state index contributed by atoms with van der Waals surface area (Å²) in [7, 11) is 0. The standard InChI is InChI=1S/C30H44O7/c1-16(2)12-11-13-17(3)22-19-15-20(26(32)33)24(36-27(34)29(5,6)7)25(37-28(35)30(8,9)10)23(19)18(4)14-21(22)31/h12,15,17-18,21-22,31H,11,13-14H2,1-10H3,(H,32,33)/t17-,18+,21+,22-/m0/s1. The van der Waals surface area contributed by atoms with Crippen LogP contribution >= 0.6 is 0 Å². The van der Waals surface area contributed by atoms with Gasteiger partial charge in [-0.05, 0) is 98.1 Å². The van der Waals surface area contributed by atoms with Crippen LogP contribution in [0.1, 0.15) is 122 Å². The molecule has 0 saturated carbocycles. The summed E-state index contributed by atoms with van der Waals surface area (Å²) in [6.07, 6.45) is 3.48. The van der Waals surface area contributed by atoms with Crippen LogP contribution in [0.5, 0.6) is 11.5 Å². The number of esters is 2. The van der Waals surface area contributed by atoms with Crippen LogP contribution in [-0.2, 0) is 9.59 Å². The summed E-state index contributed by atoms with van der Waals surface area (Å²) in [6.45, 7) is 18.1. The van der Waals surface area contributed by atoms with E-state index in [0.29, 0.717) is 17.5 Å². The van der Waals surface area contributed by atoms with Crippen molar-refractivity contribution in [3.63, 3.8) is 0 Å². The summed E-state index contributed by atoms with van der Waals surface area (Å²) in [6, 6.07) is 1.50. The number of benzene rings is 1. The zero-order valence-corrected chi connectivity index (χ0v) is 24.0. The van der Waals surface area contributed by atoms with Gasteiger partial charge in [-0.3, -0.25) is 9.59 Å². The van der Waals surface area contributed by atoms with E-state index in [1.54, 1.807) is 41.5 Å². The van der Waals surface area contributed by atoms with Gasteiger partial charge in [0.15, 0.2) is 11.5 Å². The molecule has 7 heteroatoms. The number of fused-ring (bicyclic) bond motifs is 1. The highest BCUT2D eigenvalue weighted by atomic mass is 16.6. The molecule has 0 spiro atoms. The SMILES string of the molecule is CC(C)=CCC[C@H](C)[C@H]1c2cc(C(=O)O)c(OC(=O)C(C)(C)C)c(OC(=O)C(C)(C)C)c2[C@H](C)C[C@H]1O. The van der Waals surface area contributed by atoms with E-state index < -0.39 is 34.8 Å². The third kappa shape index (κ3) is 7.22. The summed E-state index contributed by atoms with van der Waals surface area (Å²) in [5.41, 5.74) is 0.382. The molecule has 2 rings (SSSR count). The number of hydrogen-bond donors (Lipinski definition) is 2. The van der Waals surface area contributed by atoms with Gasteiger partial charge in [0.1, 0.15) is 5.56 Å². The Balaban J connectivity index is 2.83. The highest BCUT2D eigenvalue weighted by Crippen LogP contribution is 2.52. The first-order chi connectivity index (χ1) is 16.9. The van der Waals surface area contributed by atoms with Gasteiger partial charge >= 0.3 is 17.9 Å².